The van der Waals surface area contributed by atoms with Gasteiger partial charge in [-0.05, 0) is 50.6 Å². The number of hydrogen-bond donors (Lipinski definition) is 0. The van der Waals surface area contributed by atoms with Gasteiger partial charge in [0.05, 0.1) is 7.11 Å². The van der Waals surface area contributed by atoms with Crippen LogP contribution in [0.5, 0.6) is 5.75 Å². The number of pyridine rings is 1. The van der Waals surface area contributed by atoms with Crippen molar-refractivity contribution in [3.63, 3.8) is 0 Å². The van der Waals surface area contributed by atoms with Crippen molar-refractivity contribution in [3.8, 4) is 5.75 Å². The minimum atomic E-state index is -0.547. The molecule has 0 aliphatic heterocycles. The quantitative estimate of drug-likeness (QED) is 0.597. The average Bonchev–Trinajstić information content (AvgIpc) is 3.04. The van der Waals surface area contributed by atoms with E-state index in [1.54, 1.807) is 31.3 Å². The fraction of sp³-hybridized carbons (Fsp3) is 0.300. The Labute approximate surface area is 157 Å². The Bertz CT molecular complexity index is 911. The summed E-state index contributed by atoms with van der Waals surface area (Å²) in [6.45, 7) is 5.54. The van der Waals surface area contributed by atoms with Crippen LogP contribution in [-0.4, -0.2) is 28.4 Å². The standard InChI is InChI=1S/C20H22N2O3S/c1-20(2,3)25-19(23)22-12-10-16-17(9-11-21-18(16)22)26-13-14-5-7-15(24-4)8-6-14/h5-12H,13H2,1-4H3. The van der Waals surface area contributed by atoms with Gasteiger partial charge in [-0.25, -0.2) is 14.3 Å². The van der Waals surface area contributed by atoms with Crippen LogP contribution in [0.3, 0.4) is 0 Å². The van der Waals surface area contributed by atoms with Crippen LogP contribution in [0, 0.1) is 0 Å². The van der Waals surface area contributed by atoms with E-state index < -0.39 is 11.7 Å². The van der Waals surface area contributed by atoms with Crippen molar-refractivity contribution < 1.29 is 14.3 Å². The third-order valence-corrected chi connectivity index (χ3v) is 4.84. The van der Waals surface area contributed by atoms with Crippen molar-refractivity contribution in [1.82, 2.24) is 9.55 Å². The minimum Gasteiger partial charge on any atom is -0.497 e. The van der Waals surface area contributed by atoms with Crippen molar-refractivity contribution in [2.24, 2.45) is 0 Å². The molecular weight excluding hydrogens is 348 g/mol. The van der Waals surface area contributed by atoms with Crippen LogP contribution in [0.15, 0.2) is 53.7 Å². The summed E-state index contributed by atoms with van der Waals surface area (Å²) >= 11 is 1.71. The van der Waals surface area contributed by atoms with Gasteiger partial charge in [-0.2, -0.15) is 0 Å². The zero-order chi connectivity index (χ0) is 18.7. The number of methoxy groups -OCH3 is 1. The van der Waals surface area contributed by atoms with Gasteiger partial charge in [0.1, 0.15) is 11.4 Å². The molecule has 0 N–H and O–H groups in total. The summed E-state index contributed by atoms with van der Waals surface area (Å²) in [7, 11) is 1.66. The van der Waals surface area contributed by atoms with Gasteiger partial charge in [0, 0.05) is 28.4 Å². The van der Waals surface area contributed by atoms with Crippen LogP contribution in [0.4, 0.5) is 4.79 Å². The second-order valence-corrected chi connectivity index (χ2v) is 7.87. The SMILES string of the molecule is COc1ccc(CSc2ccnc3c2ccn3C(=O)OC(C)(C)C)cc1. The van der Waals surface area contributed by atoms with Gasteiger partial charge < -0.3 is 9.47 Å². The molecule has 2 aromatic heterocycles. The normalized spacial score (nSPS) is 11.5. The highest BCUT2D eigenvalue weighted by Gasteiger charge is 2.20. The van der Waals surface area contributed by atoms with E-state index in [2.05, 4.69) is 17.1 Å². The van der Waals surface area contributed by atoms with Crippen molar-refractivity contribution in [2.45, 2.75) is 37.0 Å². The molecule has 3 rings (SSSR count). The van der Waals surface area contributed by atoms with E-state index in [9.17, 15) is 4.79 Å². The van der Waals surface area contributed by atoms with E-state index in [4.69, 9.17) is 9.47 Å². The van der Waals surface area contributed by atoms with Gasteiger partial charge in [-0.15, -0.1) is 11.8 Å². The van der Waals surface area contributed by atoms with E-state index in [0.717, 1.165) is 21.8 Å². The maximum atomic E-state index is 12.4. The molecule has 0 amide bonds. The monoisotopic (exact) mass is 370 g/mol. The number of rotatable bonds is 4. The molecule has 2 heterocycles. The van der Waals surface area contributed by atoms with Gasteiger partial charge >= 0.3 is 6.09 Å². The molecule has 1 aromatic carbocycles. The molecule has 0 atom stereocenters. The van der Waals surface area contributed by atoms with Gasteiger partial charge in [0.2, 0.25) is 0 Å². The Morgan fingerprint density at radius 1 is 1.15 bits per heavy atom. The van der Waals surface area contributed by atoms with Gasteiger partial charge in [0.15, 0.2) is 5.65 Å². The van der Waals surface area contributed by atoms with E-state index in [1.165, 1.54) is 10.1 Å². The first-order valence-electron chi connectivity index (χ1n) is 8.32. The van der Waals surface area contributed by atoms with E-state index in [1.807, 2.05) is 45.0 Å². The molecule has 0 spiro atoms. The number of ether oxygens (including phenoxy) is 2. The Balaban J connectivity index is 1.80. The molecule has 0 aliphatic rings. The zero-order valence-electron chi connectivity index (χ0n) is 15.4. The van der Waals surface area contributed by atoms with Crippen LogP contribution >= 0.6 is 11.8 Å². The molecule has 0 fully saturated rings. The van der Waals surface area contributed by atoms with Gasteiger partial charge in [0.25, 0.3) is 0 Å². The Hall–Kier alpha value is -2.47. The lowest BCUT2D eigenvalue weighted by Crippen LogP contribution is -2.26. The molecule has 6 heteroatoms. The summed E-state index contributed by atoms with van der Waals surface area (Å²) < 4.78 is 12.1. The van der Waals surface area contributed by atoms with Crippen LogP contribution in [0.1, 0.15) is 26.3 Å². The molecule has 0 saturated carbocycles. The number of thioether (sulfide) groups is 1. The molecule has 0 bridgehead atoms. The number of carbonyl (C=O) groups excluding carboxylic acids is 1. The smallest absolute Gasteiger partial charge is 0.420 e. The number of fused-ring (bicyclic) bond motifs is 1. The maximum absolute atomic E-state index is 12.4. The summed E-state index contributed by atoms with van der Waals surface area (Å²) in [6, 6.07) is 11.9. The minimum absolute atomic E-state index is 0.419. The molecule has 3 aromatic rings. The number of benzene rings is 1. The first kappa shape index (κ1) is 18.3. The number of aromatic nitrogens is 2. The summed E-state index contributed by atoms with van der Waals surface area (Å²) in [4.78, 5) is 17.8. The molecule has 5 nitrogen and oxygen atoms in total. The maximum Gasteiger partial charge on any atom is 0.420 e. The molecule has 0 saturated heterocycles. The van der Waals surface area contributed by atoms with Crippen LogP contribution < -0.4 is 4.74 Å². The van der Waals surface area contributed by atoms with Crippen LogP contribution in [0.25, 0.3) is 11.0 Å². The second kappa shape index (κ2) is 7.41. The molecule has 0 aliphatic carbocycles. The lowest BCUT2D eigenvalue weighted by atomic mass is 10.2. The zero-order valence-corrected chi connectivity index (χ0v) is 16.2. The van der Waals surface area contributed by atoms with Crippen molar-refractivity contribution in [3.05, 3.63) is 54.4 Å². The summed E-state index contributed by atoms with van der Waals surface area (Å²) in [6.07, 6.45) is 3.01. The Morgan fingerprint density at radius 3 is 2.54 bits per heavy atom. The Kier molecular flexibility index (Phi) is 5.23. The highest BCUT2D eigenvalue weighted by Crippen LogP contribution is 2.30. The van der Waals surface area contributed by atoms with Crippen LogP contribution in [0.2, 0.25) is 0 Å². The molecule has 0 unspecified atom stereocenters. The van der Waals surface area contributed by atoms with Crippen molar-refractivity contribution in [1.29, 1.82) is 0 Å². The number of hydrogen-bond acceptors (Lipinski definition) is 5. The van der Waals surface area contributed by atoms with Crippen molar-refractivity contribution in [2.75, 3.05) is 7.11 Å². The van der Waals surface area contributed by atoms with Crippen molar-refractivity contribution >= 4 is 28.9 Å². The first-order chi connectivity index (χ1) is 12.4. The number of nitrogens with zero attached hydrogens (tertiary/aromatic N) is 2. The summed E-state index contributed by atoms with van der Waals surface area (Å²) in [5.41, 5.74) is 1.26. The van der Waals surface area contributed by atoms with E-state index in [-0.39, 0.29) is 0 Å². The number of carbonyl (C=O) groups is 1. The molecule has 136 valence electrons. The predicted octanol–water partition coefficient (Wildman–Crippen LogP) is 5.12. The third-order valence-electron chi connectivity index (χ3n) is 3.69. The second-order valence-electron chi connectivity index (χ2n) is 6.85. The third kappa shape index (κ3) is 4.19. The Morgan fingerprint density at radius 2 is 1.88 bits per heavy atom. The van der Waals surface area contributed by atoms with Gasteiger partial charge in [-0.3, -0.25) is 0 Å². The summed E-state index contributed by atoms with van der Waals surface area (Å²) in [5.74, 6) is 1.67. The lowest BCUT2D eigenvalue weighted by Gasteiger charge is -2.19. The lowest BCUT2D eigenvalue weighted by molar-refractivity contribution is 0.0543. The highest BCUT2D eigenvalue weighted by molar-refractivity contribution is 7.98. The van der Waals surface area contributed by atoms with Crippen LogP contribution in [-0.2, 0) is 10.5 Å². The predicted molar refractivity (Wildman–Crippen MR) is 104 cm³/mol. The van der Waals surface area contributed by atoms with E-state index in [0.29, 0.717) is 5.65 Å². The molecule has 0 radical (unpaired) electrons. The average molecular weight is 370 g/mol. The highest BCUT2D eigenvalue weighted by atomic mass is 32.2. The fourth-order valence-electron chi connectivity index (χ4n) is 2.48. The molecular formula is C20H22N2O3S. The van der Waals surface area contributed by atoms with Gasteiger partial charge in [-0.1, -0.05) is 12.1 Å². The first-order valence-corrected chi connectivity index (χ1v) is 9.31. The topological polar surface area (TPSA) is 53.4 Å². The summed E-state index contributed by atoms with van der Waals surface area (Å²) in [5, 5.41) is 0.942. The van der Waals surface area contributed by atoms with E-state index >= 15 is 0 Å². The fourth-order valence-corrected chi connectivity index (χ4v) is 3.47. The largest absolute Gasteiger partial charge is 0.497 e. The molecule has 26 heavy (non-hydrogen) atoms.